The zero-order valence-electron chi connectivity index (χ0n) is 13.0. The molecule has 116 valence electrons. The number of aryl methyl sites for hydroxylation is 1. The Morgan fingerprint density at radius 2 is 1.95 bits per heavy atom. The summed E-state index contributed by atoms with van der Waals surface area (Å²) in [6, 6.07) is 8.73. The van der Waals surface area contributed by atoms with Crippen LogP contribution < -0.4 is 5.32 Å². The maximum absolute atomic E-state index is 11.2. The minimum atomic E-state index is -2.89. The third-order valence-electron chi connectivity index (χ3n) is 3.49. The molecule has 0 amide bonds. The SMILES string of the molecule is CC(C)NCc1cn(CCCS(C)(=O)=O)c2ccccc12. The number of nitrogens with zero attached hydrogens (tertiary/aromatic N) is 1. The van der Waals surface area contributed by atoms with Gasteiger partial charge >= 0.3 is 0 Å². The van der Waals surface area contributed by atoms with Crippen molar-refractivity contribution in [2.24, 2.45) is 0 Å². The average molecular weight is 308 g/mol. The van der Waals surface area contributed by atoms with Gasteiger partial charge in [0.25, 0.3) is 0 Å². The van der Waals surface area contributed by atoms with Crippen LogP contribution in [0.1, 0.15) is 25.8 Å². The zero-order valence-corrected chi connectivity index (χ0v) is 13.8. The van der Waals surface area contributed by atoms with Crippen LogP contribution in [0, 0.1) is 0 Å². The zero-order chi connectivity index (χ0) is 15.5. The van der Waals surface area contributed by atoms with Gasteiger partial charge in [0, 0.05) is 42.5 Å². The van der Waals surface area contributed by atoms with Crippen LogP contribution in [0.4, 0.5) is 0 Å². The smallest absolute Gasteiger partial charge is 0.147 e. The van der Waals surface area contributed by atoms with Gasteiger partial charge in [-0.2, -0.15) is 0 Å². The quantitative estimate of drug-likeness (QED) is 0.855. The number of hydrogen-bond donors (Lipinski definition) is 1. The summed E-state index contributed by atoms with van der Waals surface area (Å²) >= 11 is 0. The molecule has 0 unspecified atom stereocenters. The molecule has 0 aliphatic carbocycles. The Bertz CT molecular complexity index is 702. The lowest BCUT2D eigenvalue weighted by Crippen LogP contribution is -2.21. The van der Waals surface area contributed by atoms with Crippen molar-refractivity contribution in [3.05, 3.63) is 36.0 Å². The van der Waals surface area contributed by atoms with Crippen molar-refractivity contribution in [1.29, 1.82) is 0 Å². The molecule has 4 nitrogen and oxygen atoms in total. The molecule has 0 aliphatic heterocycles. The molecule has 1 aromatic carbocycles. The molecule has 0 saturated carbocycles. The van der Waals surface area contributed by atoms with Crippen LogP contribution in [0.5, 0.6) is 0 Å². The Kier molecular flexibility index (Phi) is 5.06. The van der Waals surface area contributed by atoms with E-state index in [1.54, 1.807) is 0 Å². The van der Waals surface area contributed by atoms with Crippen molar-refractivity contribution in [3.8, 4) is 0 Å². The van der Waals surface area contributed by atoms with E-state index < -0.39 is 9.84 Å². The first-order valence-electron chi connectivity index (χ1n) is 7.34. The largest absolute Gasteiger partial charge is 0.347 e. The molecule has 0 saturated heterocycles. The van der Waals surface area contributed by atoms with E-state index in [0.717, 1.165) is 13.1 Å². The van der Waals surface area contributed by atoms with Crippen LogP contribution >= 0.6 is 0 Å². The van der Waals surface area contributed by atoms with Crippen molar-refractivity contribution in [1.82, 2.24) is 9.88 Å². The summed E-state index contributed by atoms with van der Waals surface area (Å²) in [5.74, 6) is 0.235. The maximum Gasteiger partial charge on any atom is 0.147 e. The van der Waals surface area contributed by atoms with Gasteiger partial charge in [-0.25, -0.2) is 8.42 Å². The second-order valence-corrected chi connectivity index (χ2v) is 8.14. The molecule has 21 heavy (non-hydrogen) atoms. The van der Waals surface area contributed by atoms with E-state index in [9.17, 15) is 8.42 Å². The summed E-state index contributed by atoms with van der Waals surface area (Å²) in [4.78, 5) is 0. The third-order valence-corrected chi connectivity index (χ3v) is 4.52. The van der Waals surface area contributed by atoms with E-state index in [-0.39, 0.29) is 5.75 Å². The van der Waals surface area contributed by atoms with Gasteiger partial charge in [-0.05, 0) is 18.1 Å². The van der Waals surface area contributed by atoms with E-state index in [1.165, 1.54) is 22.7 Å². The topological polar surface area (TPSA) is 51.1 Å². The predicted octanol–water partition coefficient (Wildman–Crippen LogP) is 2.57. The average Bonchev–Trinajstić information content (AvgIpc) is 2.74. The second-order valence-electron chi connectivity index (χ2n) is 5.88. The standard InChI is InChI=1S/C16H24N2O2S/c1-13(2)17-11-14-12-18(9-6-10-21(3,19)20)16-8-5-4-7-15(14)16/h4-5,7-8,12-13,17H,6,9-11H2,1-3H3. The molecular weight excluding hydrogens is 284 g/mol. The number of fused-ring (bicyclic) bond motifs is 1. The molecule has 1 N–H and O–H groups in total. The third kappa shape index (κ3) is 4.58. The lowest BCUT2D eigenvalue weighted by Gasteiger charge is -2.06. The van der Waals surface area contributed by atoms with Crippen molar-refractivity contribution in [2.45, 2.75) is 39.4 Å². The van der Waals surface area contributed by atoms with Crippen molar-refractivity contribution < 1.29 is 8.42 Å². The van der Waals surface area contributed by atoms with Gasteiger partial charge in [-0.3, -0.25) is 0 Å². The molecule has 0 radical (unpaired) electrons. The molecule has 5 heteroatoms. The van der Waals surface area contributed by atoms with E-state index >= 15 is 0 Å². The molecule has 2 rings (SSSR count). The molecule has 0 fully saturated rings. The molecule has 0 spiro atoms. The van der Waals surface area contributed by atoms with Crippen LogP contribution in [0.25, 0.3) is 10.9 Å². The van der Waals surface area contributed by atoms with E-state index in [4.69, 9.17) is 0 Å². The highest BCUT2D eigenvalue weighted by atomic mass is 32.2. The number of sulfone groups is 1. The van der Waals surface area contributed by atoms with E-state index in [1.807, 2.05) is 12.1 Å². The molecular formula is C16H24N2O2S. The van der Waals surface area contributed by atoms with E-state index in [0.29, 0.717) is 12.5 Å². The summed E-state index contributed by atoms with van der Waals surface area (Å²) in [6.45, 7) is 5.82. The van der Waals surface area contributed by atoms with Gasteiger partial charge in [0.1, 0.15) is 9.84 Å². The number of aromatic nitrogens is 1. The van der Waals surface area contributed by atoms with Crippen LogP contribution in [0.2, 0.25) is 0 Å². The Morgan fingerprint density at radius 1 is 1.24 bits per heavy atom. The number of rotatable bonds is 7. The molecule has 1 aromatic heterocycles. The maximum atomic E-state index is 11.2. The van der Waals surface area contributed by atoms with E-state index in [2.05, 4.69) is 42.1 Å². The van der Waals surface area contributed by atoms with Crippen molar-refractivity contribution in [3.63, 3.8) is 0 Å². The number of para-hydroxylation sites is 1. The summed E-state index contributed by atoms with van der Waals surface area (Å²) in [5.41, 5.74) is 2.44. The summed E-state index contributed by atoms with van der Waals surface area (Å²) < 4.78 is 24.7. The Balaban J connectivity index is 2.19. The fraction of sp³-hybridized carbons (Fsp3) is 0.500. The van der Waals surface area contributed by atoms with Crippen LogP contribution in [0.15, 0.2) is 30.5 Å². The molecule has 1 heterocycles. The monoisotopic (exact) mass is 308 g/mol. The second kappa shape index (κ2) is 6.62. The lowest BCUT2D eigenvalue weighted by molar-refractivity contribution is 0.586. The fourth-order valence-electron chi connectivity index (χ4n) is 2.46. The Labute approximate surface area is 127 Å². The number of hydrogen-bond acceptors (Lipinski definition) is 3. The minimum absolute atomic E-state index is 0.235. The molecule has 0 aliphatic rings. The summed E-state index contributed by atoms with van der Waals surface area (Å²) in [5, 5.41) is 4.68. The first-order chi connectivity index (χ1) is 9.87. The number of nitrogens with one attached hydrogen (secondary N) is 1. The normalized spacial score (nSPS) is 12.4. The van der Waals surface area contributed by atoms with Gasteiger partial charge in [-0.1, -0.05) is 32.0 Å². The number of benzene rings is 1. The predicted molar refractivity (Wildman–Crippen MR) is 88.2 cm³/mol. The molecule has 2 aromatic rings. The molecule has 0 atom stereocenters. The van der Waals surface area contributed by atoms with Crippen LogP contribution in [-0.4, -0.2) is 31.0 Å². The lowest BCUT2D eigenvalue weighted by atomic mass is 10.2. The summed E-state index contributed by atoms with van der Waals surface area (Å²) in [7, 11) is -2.89. The first kappa shape index (κ1) is 16.0. The highest BCUT2D eigenvalue weighted by Gasteiger charge is 2.09. The minimum Gasteiger partial charge on any atom is -0.347 e. The first-order valence-corrected chi connectivity index (χ1v) is 9.41. The van der Waals surface area contributed by atoms with Crippen LogP contribution in [0.3, 0.4) is 0 Å². The van der Waals surface area contributed by atoms with Crippen molar-refractivity contribution >= 4 is 20.7 Å². The Hall–Kier alpha value is -1.33. The van der Waals surface area contributed by atoms with Crippen LogP contribution in [-0.2, 0) is 22.9 Å². The highest BCUT2D eigenvalue weighted by molar-refractivity contribution is 7.90. The van der Waals surface area contributed by atoms with Crippen molar-refractivity contribution in [2.75, 3.05) is 12.0 Å². The molecule has 0 bridgehead atoms. The van der Waals surface area contributed by atoms with Gasteiger partial charge in [-0.15, -0.1) is 0 Å². The van der Waals surface area contributed by atoms with Gasteiger partial charge in [0.2, 0.25) is 0 Å². The fourth-order valence-corrected chi connectivity index (χ4v) is 3.11. The van der Waals surface area contributed by atoms with Gasteiger partial charge in [0.05, 0.1) is 5.75 Å². The highest BCUT2D eigenvalue weighted by Crippen LogP contribution is 2.21. The van der Waals surface area contributed by atoms with Gasteiger partial charge < -0.3 is 9.88 Å². The van der Waals surface area contributed by atoms with Gasteiger partial charge in [0.15, 0.2) is 0 Å². The summed E-state index contributed by atoms with van der Waals surface area (Å²) in [6.07, 6.45) is 4.08. The Morgan fingerprint density at radius 3 is 2.62 bits per heavy atom.